The number of hydrogen-bond donors (Lipinski definition) is 1. The highest BCUT2D eigenvalue weighted by Crippen LogP contribution is 2.26. The number of ether oxygens (including phenoxy) is 1. The first-order chi connectivity index (χ1) is 16.0. The molecular formula is C27H36FN3O2. The molecule has 2 atom stereocenters. The Labute approximate surface area is 197 Å². The van der Waals surface area contributed by atoms with Gasteiger partial charge in [-0.3, -0.25) is 4.90 Å². The van der Waals surface area contributed by atoms with Crippen LogP contribution >= 0.6 is 0 Å². The maximum absolute atomic E-state index is 13.1. The van der Waals surface area contributed by atoms with E-state index in [-0.39, 0.29) is 18.5 Å². The second-order valence-corrected chi connectivity index (χ2v) is 8.95. The van der Waals surface area contributed by atoms with Gasteiger partial charge in [0.1, 0.15) is 17.7 Å². The number of benzene rings is 2. The average molecular weight is 454 g/mol. The van der Waals surface area contributed by atoms with Crippen LogP contribution in [0.25, 0.3) is 0 Å². The van der Waals surface area contributed by atoms with Crippen molar-refractivity contribution in [2.45, 2.75) is 45.1 Å². The molecule has 1 N–H and O–H groups in total. The van der Waals surface area contributed by atoms with E-state index < -0.39 is 0 Å². The topological polar surface area (TPSA) is 59.7 Å². The molecule has 0 radical (unpaired) electrons. The molecule has 0 bridgehead atoms. The first kappa shape index (κ1) is 25.2. The van der Waals surface area contributed by atoms with Crippen LogP contribution in [0.2, 0.25) is 0 Å². The Morgan fingerprint density at radius 1 is 1.09 bits per heavy atom. The molecule has 1 heterocycles. The number of piperazine rings is 1. The van der Waals surface area contributed by atoms with E-state index in [0.717, 1.165) is 63.1 Å². The lowest BCUT2D eigenvalue weighted by Gasteiger charge is -2.36. The number of nitriles is 1. The minimum atomic E-state index is -0.316. The largest absolute Gasteiger partial charge is 0.487 e. The summed E-state index contributed by atoms with van der Waals surface area (Å²) < 4.78 is 18.9. The van der Waals surface area contributed by atoms with Gasteiger partial charge in [-0.1, -0.05) is 19.1 Å². The maximum atomic E-state index is 13.1. The Morgan fingerprint density at radius 3 is 2.39 bits per heavy atom. The average Bonchev–Trinajstić information content (AvgIpc) is 2.83. The summed E-state index contributed by atoms with van der Waals surface area (Å²) in [5.74, 6) is 0.819. The highest BCUT2D eigenvalue weighted by Gasteiger charge is 2.21. The smallest absolute Gasteiger partial charge is 0.134 e. The molecule has 2 unspecified atom stereocenters. The van der Waals surface area contributed by atoms with Gasteiger partial charge in [0.05, 0.1) is 18.2 Å². The Bertz CT molecular complexity index is 905. The van der Waals surface area contributed by atoms with Crippen molar-refractivity contribution in [1.82, 2.24) is 9.80 Å². The van der Waals surface area contributed by atoms with Crippen LogP contribution < -0.4 is 4.74 Å². The van der Waals surface area contributed by atoms with Crippen molar-refractivity contribution >= 4 is 0 Å². The van der Waals surface area contributed by atoms with E-state index in [4.69, 9.17) is 10.00 Å². The van der Waals surface area contributed by atoms with Crippen LogP contribution in [0.5, 0.6) is 5.75 Å². The minimum Gasteiger partial charge on any atom is -0.487 e. The molecule has 1 fully saturated rings. The standard InChI is InChI=1S/C27H36FN3O2/c1-3-22(23-6-7-24(18-29)21(2)17-23)5-4-12-30-13-15-31(16-14-30)19-27(20-32)33-26-10-8-25(28)9-11-26/h6-11,17,22,27,32H,3-5,12-16,19-20H2,1-2H3. The van der Waals surface area contributed by atoms with Crippen molar-refractivity contribution in [3.8, 4) is 11.8 Å². The molecule has 1 aliphatic rings. The van der Waals surface area contributed by atoms with Crippen molar-refractivity contribution < 1.29 is 14.2 Å². The van der Waals surface area contributed by atoms with Gasteiger partial charge in [0.2, 0.25) is 0 Å². The zero-order valence-corrected chi connectivity index (χ0v) is 19.8. The fourth-order valence-electron chi connectivity index (χ4n) is 4.56. The Morgan fingerprint density at radius 2 is 1.79 bits per heavy atom. The summed E-state index contributed by atoms with van der Waals surface area (Å²) in [6.45, 7) is 9.88. The second kappa shape index (κ2) is 12.7. The number of aliphatic hydroxyl groups is 1. The predicted octanol–water partition coefficient (Wildman–Crippen LogP) is 4.34. The van der Waals surface area contributed by atoms with E-state index in [0.29, 0.717) is 18.2 Å². The molecule has 1 saturated heterocycles. The van der Waals surface area contributed by atoms with Crippen molar-refractivity contribution in [3.63, 3.8) is 0 Å². The van der Waals surface area contributed by atoms with Gasteiger partial charge >= 0.3 is 0 Å². The third kappa shape index (κ3) is 7.53. The maximum Gasteiger partial charge on any atom is 0.134 e. The summed E-state index contributed by atoms with van der Waals surface area (Å²) in [6, 6.07) is 14.4. The molecule has 0 aromatic heterocycles. The van der Waals surface area contributed by atoms with E-state index in [9.17, 15) is 9.50 Å². The van der Waals surface area contributed by atoms with Gasteiger partial charge < -0.3 is 14.7 Å². The number of hydrogen-bond acceptors (Lipinski definition) is 5. The SMILES string of the molecule is CCC(CCCN1CCN(CC(CO)Oc2ccc(F)cc2)CC1)c1ccc(C#N)c(C)c1. The van der Waals surface area contributed by atoms with E-state index in [2.05, 4.69) is 34.9 Å². The molecule has 178 valence electrons. The van der Waals surface area contributed by atoms with Crippen molar-refractivity contribution in [2.75, 3.05) is 45.9 Å². The van der Waals surface area contributed by atoms with Crippen LogP contribution in [0.1, 0.15) is 48.8 Å². The van der Waals surface area contributed by atoms with E-state index in [1.165, 1.54) is 17.7 Å². The third-order valence-corrected chi connectivity index (χ3v) is 6.61. The van der Waals surface area contributed by atoms with Crippen LogP contribution in [0.15, 0.2) is 42.5 Å². The molecule has 2 aromatic carbocycles. The van der Waals surface area contributed by atoms with E-state index in [1.807, 2.05) is 13.0 Å². The summed E-state index contributed by atoms with van der Waals surface area (Å²) >= 11 is 0. The van der Waals surface area contributed by atoms with Gasteiger partial charge in [-0.05, 0) is 80.1 Å². The Kier molecular flexibility index (Phi) is 9.68. The van der Waals surface area contributed by atoms with Gasteiger partial charge in [-0.2, -0.15) is 5.26 Å². The highest BCUT2D eigenvalue weighted by molar-refractivity contribution is 5.40. The number of aryl methyl sites for hydroxylation is 1. The summed E-state index contributed by atoms with van der Waals surface area (Å²) in [6.07, 6.45) is 3.10. The molecule has 3 rings (SSSR count). The molecule has 0 aliphatic carbocycles. The molecule has 5 nitrogen and oxygen atoms in total. The first-order valence-corrected chi connectivity index (χ1v) is 12.0. The van der Waals surface area contributed by atoms with Gasteiger partial charge in [0, 0.05) is 32.7 Å². The Hall–Kier alpha value is -2.46. The molecular weight excluding hydrogens is 417 g/mol. The lowest BCUT2D eigenvalue weighted by Crippen LogP contribution is -2.50. The second-order valence-electron chi connectivity index (χ2n) is 8.95. The minimum absolute atomic E-state index is 0.0647. The number of aliphatic hydroxyl groups excluding tert-OH is 1. The van der Waals surface area contributed by atoms with Crippen molar-refractivity contribution in [1.29, 1.82) is 5.26 Å². The zero-order valence-electron chi connectivity index (χ0n) is 19.8. The summed E-state index contributed by atoms with van der Waals surface area (Å²) in [5, 5.41) is 18.9. The monoisotopic (exact) mass is 453 g/mol. The van der Waals surface area contributed by atoms with Crippen LogP contribution in [0, 0.1) is 24.1 Å². The molecule has 6 heteroatoms. The lowest BCUT2D eigenvalue weighted by atomic mass is 9.90. The van der Waals surface area contributed by atoms with Crippen molar-refractivity contribution in [3.05, 3.63) is 65.0 Å². The molecule has 1 aliphatic heterocycles. The number of halogens is 1. The molecule has 33 heavy (non-hydrogen) atoms. The molecule has 0 saturated carbocycles. The van der Waals surface area contributed by atoms with Gasteiger partial charge in [-0.15, -0.1) is 0 Å². The summed E-state index contributed by atoms with van der Waals surface area (Å²) in [5.41, 5.74) is 3.17. The third-order valence-electron chi connectivity index (χ3n) is 6.61. The number of rotatable bonds is 11. The molecule has 0 amide bonds. The fourth-order valence-corrected chi connectivity index (χ4v) is 4.56. The Balaban J connectivity index is 1.39. The number of nitrogens with zero attached hydrogens (tertiary/aromatic N) is 3. The fraction of sp³-hybridized carbons (Fsp3) is 0.519. The van der Waals surface area contributed by atoms with Gasteiger partial charge in [0.15, 0.2) is 0 Å². The van der Waals surface area contributed by atoms with Crippen LogP contribution in [0.3, 0.4) is 0 Å². The van der Waals surface area contributed by atoms with Crippen LogP contribution in [-0.2, 0) is 0 Å². The van der Waals surface area contributed by atoms with Crippen LogP contribution in [-0.4, -0.2) is 66.9 Å². The summed E-state index contributed by atoms with van der Waals surface area (Å²) in [4.78, 5) is 4.84. The van der Waals surface area contributed by atoms with E-state index >= 15 is 0 Å². The van der Waals surface area contributed by atoms with Crippen LogP contribution in [0.4, 0.5) is 4.39 Å². The zero-order chi connectivity index (χ0) is 23.6. The van der Waals surface area contributed by atoms with Gasteiger partial charge in [-0.25, -0.2) is 4.39 Å². The quantitative estimate of drug-likeness (QED) is 0.549. The predicted molar refractivity (Wildman–Crippen MR) is 129 cm³/mol. The van der Waals surface area contributed by atoms with E-state index in [1.54, 1.807) is 12.1 Å². The summed E-state index contributed by atoms with van der Waals surface area (Å²) in [7, 11) is 0. The first-order valence-electron chi connectivity index (χ1n) is 12.0. The highest BCUT2D eigenvalue weighted by atomic mass is 19.1. The normalized spacial score (nSPS) is 16.8. The lowest BCUT2D eigenvalue weighted by molar-refractivity contribution is 0.0527. The molecule has 0 spiro atoms. The molecule has 2 aromatic rings. The van der Waals surface area contributed by atoms with Gasteiger partial charge in [0.25, 0.3) is 0 Å². The van der Waals surface area contributed by atoms with Crippen molar-refractivity contribution in [2.24, 2.45) is 0 Å².